The van der Waals surface area contributed by atoms with Gasteiger partial charge in [-0.15, -0.1) is 0 Å². The lowest BCUT2D eigenvalue weighted by atomic mass is 10.2. The fourth-order valence-corrected chi connectivity index (χ4v) is 2.05. The van der Waals surface area contributed by atoms with E-state index in [9.17, 15) is 13.2 Å². The number of primary sulfonamides is 1. The highest BCUT2D eigenvalue weighted by Crippen LogP contribution is 2.25. The smallest absolute Gasteiger partial charge is 0.252 e. The lowest BCUT2D eigenvalue weighted by Gasteiger charge is -2.06. The summed E-state index contributed by atoms with van der Waals surface area (Å²) in [6.45, 7) is -0.0551. The van der Waals surface area contributed by atoms with Gasteiger partial charge in [0.05, 0.1) is 16.3 Å². The van der Waals surface area contributed by atoms with E-state index < -0.39 is 15.9 Å². The van der Waals surface area contributed by atoms with Crippen molar-refractivity contribution >= 4 is 43.5 Å². The maximum Gasteiger partial charge on any atom is 0.252 e. The van der Waals surface area contributed by atoms with Crippen molar-refractivity contribution in [1.29, 1.82) is 0 Å². The fourth-order valence-electron chi connectivity index (χ4n) is 1.08. The van der Waals surface area contributed by atoms with Crippen LogP contribution in [0.25, 0.3) is 0 Å². The first kappa shape index (κ1) is 14.4. The highest BCUT2D eigenvalue weighted by Gasteiger charge is 2.12. The molecule has 17 heavy (non-hydrogen) atoms. The maximum absolute atomic E-state index is 11.7. The Morgan fingerprint density at radius 2 is 2.12 bits per heavy atom. The van der Waals surface area contributed by atoms with Crippen molar-refractivity contribution in [3.05, 3.63) is 33.3 Å². The second-order valence-corrected chi connectivity index (χ2v) is 6.19. The van der Waals surface area contributed by atoms with Gasteiger partial charge >= 0.3 is 0 Å². The third-order valence-corrected chi connectivity index (χ3v) is 3.94. The zero-order valence-corrected chi connectivity index (χ0v) is 11.8. The zero-order valence-electron chi connectivity index (χ0n) is 8.61. The molecule has 0 aliphatic carbocycles. The minimum Gasteiger partial charge on any atom is -0.351 e. The quantitative estimate of drug-likeness (QED) is 0.860. The third-order valence-electron chi connectivity index (χ3n) is 1.87. The Bertz CT molecular complexity index is 533. The number of halogens is 2. The van der Waals surface area contributed by atoms with Crippen LogP contribution in [0, 0.1) is 0 Å². The summed E-state index contributed by atoms with van der Waals surface area (Å²) < 4.78 is 21.9. The van der Waals surface area contributed by atoms with E-state index in [-0.39, 0.29) is 22.9 Å². The molecule has 1 aromatic rings. The number of nitrogens with one attached hydrogen (secondary N) is 1. The molecule has 0 bridgehead atoms. The Balaban J connectivity index is 2.68. The molecule has 5 nitrogen and oxygen atoms in total. The number of amides is 1. The molecule has 1 rings (SSSR count). The molecule has 1 aromatic carbocycles. The van der Waals surface area contributed by atoms with Crippen molar-refractivity contribution in [2.75, 3.05) is 12.3 Å². The number of carbonyl (C=O) groups is 1. The molecule has 3 N–H and O–H groups in total. The molecule has 0 unspecified atom stereocenters. The molecule has 0 spiro atoms. The van der Waals surface area contributed by atoms with E-state index in [1.165, 1.54) is 0 Å². The summed E-state index contributed by atoms with van der Waals surface area (Å²) in [5.74, 6) is -0.760. The van der Waals surface area contributed by atoms with Gasteiger partial charge in [-0.3, -0.25) is 4.79 Å². The number of sulfonamides is 1. The van der Waals surface area contributed by atoms with Gasteiger partial charge in [-0.1, -0.05) is 17.7 Å². The average Bonchev–Trinajstić information content (AvgIpc) is 2.20. The molecule has 8 heteroatoms. The van der Waals surface area contributed by atoms with E-state index in [1.807, 2.05) is 0 Å². The summed E-state index contributed by atoms with van der Waals surface area (Å²) >= 11 is 9.09. The maximum atomic E-state index is 11.7. The van der Waals surface area contributed by atoms with Crippen molar-refractivity contribution in [2.24, 2.45) is 5.14 Å². The number of hydrogen-bond donors (Lipinski definition) is 2. The van der Waals surface area contributed by atoms with Gasteiger partial charge in [0, 0.05) is 11.0 Å². The van der Waals surface area contributed by atoms with E-state index in [1.54, 1.807) is 18.2 Å². The molecule has 0 aromatic heterocycles. The van der Waals surface area contributed by atoms with Crippen LogP contribution in [0.1, 0.15) is 10.4 Å². The van der Waals surface area contributed by atoms with Gasteiger partial charge in [0.25, 0.3) is 5.91 Å². The zero-order chi connectivity index (χ0) is 13.1. The Morgan fingerprint density at radius 1 is 1.47 bits per heavy atom. The van der Waals surface area contributed by atoms with E-state index in [2.05, 4.69) is 21.2 Å². The van der Waals surface area contributed by atoms with E-state index >= 15 is 0 Å². The summed E-state index contributed by atoms with van der Waals surface area (Å²) in [7, 11) is -3.58. The predicted octanol–water partition coefficient (Wildman–Crippen LogP) is 1.12. The van der Waals surface area contributed by atoms with Crippen LogP contribution in [0.2, 0.25) is 5.02 Å². The molecule has 0 saturated heterocycles. The Hall–Kier alpha value is -0.630. The van der Waals surface area contributed by atoms with Gasteiger partial charge in [-0.05, 0) is 28.1 Å². The normalized spacial score (nSPS) is 11.2. The van der Waals surface area contributed by atoms with E-state index in [0.29, 0.717) is 4.47 Å². The summed E-state index contributed by atoms with van der Waals surface area (Å²) in [6, 6.07) is 4.90. The van der Waals surface area contributed by atoms with E-state index in [0.717, 1.165) is 0 Å². The number of benzene rings is 1. The van der Waals surface area contributed by atoms with Gasteiger partial charge in [0.2, 0.25) is 10.0 Å². The van der Waals surface area contributed by atoms with Gasteiger partial charge in [0.1, 0.15) is 0 Å². The fraction of sp³-hybridized carbons (Fsp3) is 0.222. The topological polar surface area (TPSA) is 89.3 Å². The largest absolute Gasteiger partial charge is 0.351 e. The molecule has 0 aliphatic rings. The first-order chi connectivity index (χ1) is 7.81. The molecular weight excluding hydrogens is 332 g/mol. The first-order valence-electron chi connectivity index (χ1n) is 4.54. The molecule has 0 fully saturated rings. The predicted molar refractivity (Wildman–Crippen MR) is 69.5 cm³/mol. The summed E-state index contributed by atoms with van der Waals surface area (Å²) in [6.07, 6.45) is 0. The molecule has 0 aliphatic heterocycles. The van der Waals surface area contributed by atoms with Crippen LogP contribution < -0.4 is 10.5 Å². The van der Waals surface area contributed by atoms with Crippen LogP contribution in [0.15, 0.2) is 22.7 Å². The van der Waals surface area contributed by atoms with Crippen LogP contribution in [-0.4, -0.2) is 26.6 Å². The van der Waals surface area contributed by atoms with Gasteiger partial charge in [0.15, 0.2) is 0 Å². The van der Waals surface area contributed by atoms with Crippen molar-refractivity contribution < 1.29 is 13.2 Å². The summed E-state index contributed by atoms with van der Waals surface area (Å²) in [5.41, 5.74) is 0.274. The van der Waals surface area contributed by atoms with Crippen molar-refractivity contribution in [2.45, 2.75) is 0 Å². The van der Waals surface area contributed by atoms with Crippen molar-refractivity contribution in [3.8, 4) is 0 Å². The Morgan fingerprint density at radius 3 is 2.71 bits per heavy atom. The SMILES string of the molecule is NS(=O)(=O)CCNC(=O)c1cccc(Br)c1Cl. The van der Waals surface area contributed by atoms with Crippen LogP contribution in [0.4, 0.5) is 0 Å². The monoisotopic (exact) mass is 340 g/mol. The van der Waals surface area contributed by atoms with Crippen LogP contribution in [0.5, 0.6) is 0 Å². The third kappa shape index (κ3) is 4.63. The highest BCUT2D eigenvalue weighted by molar-refractivity contribution is 9.10. The van der Waals surface area contributed by atoms with Crippen LogP contribution in [-0.2, 0) is 10.0 Å². The molecule has 0 atom stereocenters. The summed E-state index contributed by atoms with van der Waals surface area (Å²) in [4.78, 5) is 11.7. The highest BCUT2D eigenvalue weighted by atomic mass is 79.9. The number of hydrogen-bond acceptors (Lipinski definition) is 3. The Kier molecular flexibility index (Phi) is 4.93. The minimum absolute atomic E-state index is 0.0551. The number of carbonyl (C=O) groups excluding carboxylic acids is 1. The minimum atomic E-state index is -3.58. The molecule has 0 saturated carbocycles. The second-order valence-electron chi connectivity index (χ2n) is 3.22. The van der Waals surface area contributed by atoms with Crippen LogP contribution in [0.3, 0.4) is 0 Å². The van der Waals surface area contributed by atoms with Crippen LogP contribution >= 0.6 is 27.5 Å². The molecule has 94 valence electrons. The molecule has 0 radical (unpaired) electrons. The number of nitrogens with two attached hydrogens (primary N) is 1. The van der Waals surface area contributed by atoms with Gasteiger partial charge in [-0.2, -0.15) is 0 Å². The molecule has 0 heterocycles. The second kappa shape index (κ2) is 5.81. The Labute approximate surface area is 113 Å². The molecular formula is C9H10BrClN2O3S. The average molecular weight is 342 g/mol. The lowest BCUT2D eigenvalue weighted by Crippen LogP contribution is -2.31. The standard InChI is InChI=1S/C9H10BrClN2O3S/c10-7-3-1-2-6(8(7)11)9(14)13-4-5-17(12,15)16/h1-3H,4-5H2,(H,13,14)(H2,12,15,16). The van der Waals surface area contributed by atoms with Gasteiger partial charge in [-0.25, -0.2) is 13.6 Å². The van der Waals surface area contributed by atoms with Crippen molar-refractivity contribution in [1.82, 2.24) is 5.32 Å². The van der Waals surface area contributed by atoms with E-state index in [4.69, 9.17) is 16.7 Å². The number of rotatable bonds is 4. The first-order valence-corrected chi connectivity index (χ1v) is 7.42. The summed E-state index contributed by atoms with van der Waals surface area (Å²) in [5, 5.41) is 7.50. The molecule has 1 amide bonds. The van der Waals surface area contributed by atoms with Gasteiger partial charge < -0.3 is 5.32 Å². The lowest BCUT2D eigenvalue weighted by molar-refractivity contribution is 0.0956. The van der Waals surface area contributed by atoms with Crippen molar-refractivity contribution in [3.63, 3.8) is 0 Å².